The molecule has 0 fully saturated rings. The predicted octanol–water partition coefficient (Wildman–Crippen LogP) is 1.04. The van der Waals surface area contributed by atoms with Crippen molar-refractivity contribution < 1.29 is 24.1 Å². The molecular formula is C10H11FO4. The van der Waals surface area contributed by atoms with Gasteiger partial charge in [-0.05, 0) is 31.2 Å². The van der Waals surface area contributed by atoms with Gasteiger partial charge in [-0.2, -0.15) is 0 Å². The van der Waals surface area contributed by atoms with Crippen LogP contribution in [0.25, 0.3) is 0 Å². The Bertz CT molecular complexity index is 345. The molecule has 4 nitrogen and oxygen atoms in total. The van der Waals surface area contributed by atoms with Crippen LogP contribution in [-0.4, -0.2) is 28.4 Å². The van der Waals surface area contributed by atoms with Gasteiger partial charge in [-0.25, -0.2) is 9.18 Å². The van der Waals surface area contributed by atoms with Crippen molar-refractivity contribution in [3.8, 4) is 5.75 Å². The molecule has 1 unspecified atom stereocenters. The molecule has 0 aromatic heterocycles. The predicted molar refractivity (Wildman–Crippen MR) is 50.2 cm³/mol. The van der Waals surface area contributed by atoms with E-state index in [1.165, 1.54) is 24.3 Å². The zero-order valence-corrected chi connectivity index (χ0v) is 8.11. The highest BCUT2D eigenvalue weighted by molar-refractivity contribution is 5.76. The molecule has 2 N–H and O–H groups in total. The monoisotopic (exact) mass is 214 g/mol. The lowest BCUT2D eigenvalue weighted by Crippen LogP contribution is -2.41. The number of rotatable bonds is 4. The molecule has 1 atom stereocenters. The standard InChI is InChI=1S/C10H11FO4/c1-10(14,9(12)13)6-15-8-4-2-7(11)3-5-8/h2-5,14H,6H2,1H3,(H,12,13). The molecule has 0 spiro atoms. The highest BCUT2D eigenvalue weighted by Gasteiger charge is 2.30. The molecule has 0 amide bonds. The summed E-state index contributed by atoms with van der Waals surface area (Å²) in [7, 11) is 0. The average molecular weight is 214 g/mol. The van der Waals surface area contributed by atoms with Crippen molar-refractivity contribution in [3.05, 3.63) is 30.1 Å². The van der Waals surface area contributed by atoms with Crippen LogP contribution >= 0.6 is 0 Å². The molecule has 5 heteroatoms. The Labute approximate surface area is 85.9 Å². The second-order valence-electron chi connectivity index (χ2n) is 3.32. The van der Waals surface area contributed by atoms with Crippen LogP contribution in [-0.2, 0) is 4.79 Å². The Balaban J connectivity index is 2.57. The molecule has 0 aliphatic carbocycles. The van der Waals surface area contributed by atoms with Gasteiger partial charge >= 0.3 is 5.97 Å². The Morgan fingerprint density at radius 1 is 1.47 bits per heavy atom. The fraction of sp³-hybridized carbons (Fsp3) is 0.300. The van der Waals surface area contributed by atoms with Crippen LogP contribution in [0.3, 0.4) is 0 Å². The number of hydrogen-bond acceptors (Lipinski definition) is 3. The number of ether oxygens (including phenoxy) is 1. The number of carboxylic acid groups (broad SMARTS) is 1. The number of aliphatic carboxylic acids is 1. The Hall–Kier alpha value is -1.62. The van der Waals surface area contributed by atoms with E-state index in [9.17, 15) is 14.3 Å². The van der Waals surface area contributed by atoms with E-state index in [0.717, 1.165) is 6.92 Å². The normalized spacial score (nSPS) is 14.3. The number of benzene rings is 1. The second-order valence-corrected chi connectivity index (χ2v) is 3.32. The summed E-state index contributed by atoms with van der Waals surface area (Å²) in [6.07, 6.45) is 0. The van der Waals surface area contributed by atoms with E-state index < -0.39 is 24.0 Å². The highest BCUT2D eigenvalue weighted by atomic mass is 19.1. The third-order valence-electron chi connectivity index (χ3n) is 1.79. The summed E-state index contributed by atoms with van der Waals surface area (Å²) in [6.45, 7) is 0.729. The van der Waals surface area contributed by atoms with E-state index in [-0.39, 0.29) is 0 Å². The van der Waals surface area contributed by atoms with Crippen molar-refractivity contribution in [1.82, 2.24) is 0 Å². The van der Waals surface area contributed by atoms with E-state index >= 15 is 0 Å². The fourth-order valence-corrected chi connectivity index (χ4v) is 0.816. The van der Waals surface area contributed by atoms with Crippen molar-refractivity contribution >= 4 is 5.97 Å². The minimum absolute atomic E-state index is 0.304. The first kappa shape index (κ1) is 11.5. The molecule has 0 saturated carbocycles. The minimum atomic E-state index is -1.95. The SMILES string of the molecule is CC(O)(COc1ccc(F)cc1)C(=O)O. The fourth-order valence-electron chi connectivity index (χ4n) is 0.816. The molecule has 0 aliphatic heterocycles. The molecule has 1 aromatic rings. The third kappa shape index (κ3) is 3.21. The first-order valence-electron chi connectivity index (χ1n) is 4.26. The van der Waals surface area contributed by atoms with Crippen molar-refractivity contribution in [2.75, 3.05) is 6.61 Å². The maximum absolute atomic E-state index is 12.5. The largest absolute Gasteiger partial charge is 0.490 e. The zero-order chi connectivity index (χ0) is 11.5. The van der Waals surface area contributed by atoms with Gasteiger partial charge in [0.15, 0.2) is 5.60 Å². The molecule has 0 radical (unpaired) electrons. The van der Waals surface area contributed by atoms with Crippen LogP contribution in [0.15, 0.2) is 24.3 Å². The van der Waals surface area contributed by atoms with E-state index in [4.69, 9.17) is 9.84 Å². The third-order valence-corrected chi connectivity index (χ3v) is 1.79. The first-order valence-corrected chi connectivity index (χ1v) is 4.26. The van der Waals surface area contributed by atoms with Gasteiger partial charge < -0.3 is 14.9 Å². The maximum Gasteiger partial charge on any atom is 0.339 e. The zero-order valence-electron chi connectivity index (χ0n) is 8.11. The average Bonchev–Trinajstić information content (AvgIpc) is 2.17. The van der Waals surface area contributed by atoms with Crippen LogP contribution in [0.2, 0.25) is 0 Å². The van der Waals surface area contributed by atoms with Crippen molar-refractivity contribution in [1.29, 1.82) is 0 Å². The number of carboxylic acids is 1. The van der Waals surface area contributed by atoms with Crippen LogP contribution in [0.5, 0.6) is 5.75 Å². The van der Waals surface area contributed by atoms with Crippen LogP contribution in [0, 0.1) is 5.82 Å². The summed E-state index contributed by atoms with van der Waals surface area (Å²) in [6, 6.07) is 5.08. The van der Waals surface area contributed by atoms with Gasteiger partial charge in [-0.3, -0.25) is 0 Å². The lowest BCUT2D eigenvalue weighted by atomic mass is 10.1. The molecule has 0 heterocycles. The lowest BCUT2D eigenvalue weighted by molar-refractivity contribution is -0.159. The Morgan fingerprint density at radius 2 is 2.00 bits per heavy atom. The van der Waals surface area contributed by atoms with Crippen molar-refractivity contribution in [3.63, 3.8) is 0 Å². The van der Waals surface area contributed by atoms with E-state index in [0.29, 0.717) is 5.75 Å². The molecule has 82 valence electrons. The molecule has 0 aliphatic rings. The summed E-state index contributed by atoms with van der Waals surface area (Å²) in [5.74, 6) is -1.48. The summed E-state index contributed by atoms with van der Waals surface area (Å²) in [5, 5.41) is 17.9. The van der Waals surface area contributed by atoms with Crippen LogP contribution in [0.4, 0.5) is 4.39 Å². The topological polar surface area (TPSA) is 66.8 Å². The van der Waals surface area contributed by atoms with Crippen molar-refractivity contribution in [2.24, 2.45) is 0 Å². The van der Waals surface area contributed by atoms with Crippen LogP contribution < -0.4 is 4.74 Å². The van der Waals surface area contributed by atoms with E-state index in [1.807, 2.05) is 0 Å². The lowest BCUT2D eigenvalue weighted by Gasteiger charge is -2.18. The summed E-state index contributed by atoms with van der Waals surface area (Å²) in [5.41, 5.74) is -1.95. The van der Waals surface area contributed by atoms with Gasteiger partial charge in [0.25, 0.3) is 0 Å². The first-order chi connectivity index (χ1) is 6.92. The van der Waals surface area contributed by atoms with Gasteiger partial charge in [0.1, 0.15) is 18.2 Å². The second kappa shape index (κ2) is 4.27. The van der Waals surface area contributed by atoms with Gasteiger partial charge in [0.2, 0.25) is 0 Å². The highest BCUT2D eigenvalue weighted by Crippen LogP contribution is 2.13. The van der Waals surface area contributed by atoms with Gasteiger partial charge in [0, 0.05) is 0 Å². The van der Waals surface area contributed by atoms with Crippen molar-refractivity contribution in [2.45, 2.75) is 12.5 Å². The molecule has 1 aromatic carbocycles. The van der Waals surface area contributed by atoms with Crippen LogP contribution in [0.1, 0.15) is 6.92 Å². The van der Waals surface area contributed by atoms with Gasteiger partial charge in [0.05, 0.1) is 0 Å². The van der Waals surface area contributed by atoms with Gasteiger partial charge in [-0.15, -0.1) is 0 Å². The molecule has 15 heavy (non-hydrogen) atoms. The number of hydrogen-bond donors (Lipinski definition) is 2. The quantitative estimate of drug-likeness (QED) is 0.785. The summed E-state index contributed by atoms with van der Waals surface area (Å²) in [4.78, 5) is 10.5. The smallest absolute Gasteiger partial charge is 0.339 e. The Kier molecular flexibility index (Phi) is 3.26. The van der Waals surface area contributed by atoms with E-state index in [1.54, 1.807) is 0 Å². The molecule has 1 rings (SSSR count). The molecular weight excluding hydrogens is 203 g/mol. The molecule has 0 saturated heterocycles. The van der Waals surface area contributed by atoms with Gasteiger partial charge in [-0.1, -0.05) is 0 Å². The molecule has 0 bridgehead atoms. The number of carbonyl (C=O) groups is 1. The maximum atomic E-state index is 12.5. The summed E-state index contributed by atoms with van der Waals surface area (Å²) >= 11 is 0. The Morgan fingerprint density at radius 3 is 2.47 bits per heavy atom. The number of halogens is 1. The van der Waals surface area contributed by atoms with E-state index in [2.05, 4.69) is 0 Å². The number of aliphatic hydroxyl groups is 1. The minimum Gasteiger partial charge on any atom is -0.490 e. The summed E-state index contributed by atoms with van der Waals surface area (Å²) < 4.78 is 17.5.